The molecule has 0 spiro atoms. The summed E-state index contributed by atoms with van der Waals surface area (Å²) in [5, 5.41) is 11.6. The maximum atomic E-state index is 12.1. The molecule has 0 radical (unpaired) electrons. The van der Waals surface area contributed by atoms with Gasteiger partial charge in [-0.15, -0.1) is 12.4 Å². The molecule has 1 atom stereocenters. The maximum absolute atomic E-state index is 12.1. The zero-order valence-corrected chi connectivity index (χ0v) is 13.6. The Morgan fingerprint density at radius 3 is 3.09 bits per heavy atom. The molecule has 1 aliphatic rings. The van der Waals surface area contributed by atoms with Crippen LogP contribution in [0.5, 0.6) is 0 Å². The van der Waals surface area contributed by atoms with E-state index in [1.165, 1.54) is 5.56 Å². The normalized spacial score (nSPS) is 18.0. The van der Waals surface area contributed by atoms with Crippen molar-refractivity contribution in [3.05, 3.63) is 29.5 Å². The van der Waals surface area contributed by atoms with Crippen LogP contribution in [0, 0.1) is 6.92 Å². The predicted molar refractivity (Wildman–Crippen MR) is 87.2 cm³/mol. The van der Waals surface area contributed by atoms with Crippen LogP contribution in [0.2, 0.25) is 0 Å². The third kappa shape index (κ3) is 3.40. The second kappa shape index (κ2) is 7.09. The van der Waals surface area contributed by atoms with Gasteiger partial charge >= 0.3 is 0 Å². The van der Waals surface area contributed by atoms with Crippen molar-refractivity contribution in [3.8, 4) is 0 Å². The average Bonchev–Trinajstić information content (AvgIpc) is 2.81. The van der Waals surface area contributed by atoms with Crippen molar-refractivity contribution in [3.63, 3.8) is 0 Å². The number of carbonyl (C=O) groups is 1. The van der Waals surface area contributed by atoms with Crippen molar-refractivity contribution < 1.29 is 9.53 Å². The third-order valence-corrected chi connectivity index (χ3v) is 3.73. The molecule has 6 nitrogen and oxygen atoms in total. The van der Waals surface area contributed by atoms with E-state index in [1.54, 1.807) is 0 Å². The zero-order chi connectivity index (χ0) is 14.8. The molecule has 7 heteroatoms. The van der Waals surface area contributed by atoms with E-state index in [1.807, 2.05) is 11.7 Å². The summed E-state index contributed by atoms with van der Waals surface area (Å²) in [6, 6.07) is 6.22. The van der Waals surface area contributed by atoms with Crippen LogP contribution in [0.4, 0.5) is 0 Å². The summed E-state index contributed by atoms with van der Waals surface area (Å²) in [4.78, 5) is 12.1. The lowest BCUT2D eigenvalue weighted by Crippen LogP contribution is -2.47. The summed E-state index contributed by atoms with van der Waals surface area (Å²) in [6.07, 6.45) is -0.407. The molecule has 1 aromatic carbocycles. The second-order valence-electron chi connectivity index (χ2n) is 5.37. The number of aryl methyl sites for hydroxylation is 2. The molecule has 2 aromatic rings. The first-order valence-corrected chi connectivity index (χ1v) is 7.17. The van der Waals surface area contributed by atoms with Gasteiger partial charge in [0, 0.05) is 25.5 Å². The fourth-order valence-electron chi connectivity index (χ4n) is 2.60. The van der Waals surface area contributed by atoms with Crippen LogP contribution in [0.1, 0.15) is 11.3 Å². The van der Waals surface area contributed by atoms with Gasteiger partial charge in [0.1, 0.15) is 6.10 Å². The molecule has 0 saturated carbocycles. The molecule has 1 aromatic heterocycles. The Bertz CT molecular complexity index is 665. The van der Waals surface area contributed by atoms with Crippen molar-refractivity contribution in [1.82, 2.24) is 20.4 Å². The molecule has 2 heterocycles. The number of fused-ring (bicyclic) bond motifs is 1. The van der Waals surface area contributed by atoms with Gasteiger partial charge in [-0.3, -0.25) is 9.48 Å². The summed E-state index contributed by atoms with van der Waals surface area (Å²) in [7, 11) is 1.91. The van der Waals surface area contributed by atoms with E-state index in [9.17, 15) is 4.79 Å². The standard InChI is InChI=1S/C15H20N4O2.ClH/c1-10-3-4-13-11(7-10)12(18-19(13)2)8-17-15(20)14-9-16-5-6-21-14;/h3-4,7,14,16H,5-6,8-9H2,1-2H3,(H,17,20);1H. The van der Waals surface area contributed by atoms with Gasteiger partial charge in [0.05, 0.1) is 24.4 Å². The topological polar surface area (TPSA) is 68.2 Å². The highest BCUT2D eigenvalue weighted by molar-refractivity contribution is 5.85. The number of aromatic nitrogens is 2. The van der Waals surface area contributed by atoms with E-state index in [4.69, 9.17) is 4.74 Å². The third-order valence-electron chi connectivity index (χ3n) is 3.73. The Kier molecular flexibility index (Phi) is 5.39. The Morgan fingerprint density at radius 1 is 1.55 bits per heavy atom. The smallest absolute Gasteiger partial charge is 0.250 e. The van der Waals surface area contributed by atoms with E-state index in [2.05, 4.69) is 40.9 Å². The van der Waals surface area contributed by atoms with Crippen LogP contribution in [0.3, 0.4) is 0 Å². The first kappa shape index (κ1) is 16.7. The number of ether oxygens (including phenoxy) is 1. The Balaban J connectivity index is 0.00000176. The fraction of sp³-hybridized carbons (Fsp3) is 0.467. The number of halogens is 1. The lowest BCUT2D eigenvalue weighted by molar-refractivity contribution is -0.134. The minimum atomic E-state index is -0.407. The van der Waals surface area contributed by atoms with Crippen LogP contribution in [-0.4, -0.2) is 41.5 Å². The Morgan fingerprint density at radius 2 is 2.36 bits per heavy atom. The van der Waals surface area contributed by atoms with Crippen molar-refractivity contribution >= 4 is 29.2 Å². The van der Waals surface area contributed by atoms with E-state index >= 15 is 0 Å². The molecule has 22 heavy (non-hydrogen) atoms. The molecule has 0 bridgehead atoms. The maximum Gasteiger partial charge on any atom is 0.250 e. The molecule has 1 fully saturated rings. The molecule has 1 saturated heterocycles. The van der Waals surface area contributed by atoms with Crippen LogP contribution in [-0.2, 0) is 23.1 Å². The van der Waals surface area contributed by atoms with Crippen molar-refractivity contribution in [2.45, 2.75) is 19.6 Å². The minimum Gasteiger partial charge on any atom is -0.366 e. The van der Waals surface area contributed by atoms with Gasteiger partial charge in [-0.2, -0.15) is 5.10 Å². The molecule has 1 unspecified atom stereocenters. The molecule has 3 rings (SSSR count). The molecular formula is C15H21ClN4O2. The van der Waals surface area contributed by atoms with Gasteiger partial charge < -0.3 is 15.4 Å². The predicted octanol–water partition coefficient (Wildman–Crippen LogP) is 0.908. The highest BCUT2D eigenvalue weighted by Crippen LogP contribution is 2.19. The first-order valence-electron chi connectivity index (χ1n) is 7.17. The molecular weight excluding hydrogens is 304 g/mol. The zero-order valence-electron chi connectivity index (χ0n) is 12.8. The van der Waals surface area contributed by atoms with Crippen LogP contribution >= 0.6 is 12.4 Å². The number of carbonyl (C=O) groups excluding carboxylic acids is 1. The van der Waals surface area contributed by atoms with Crippen molar-refractivity contribution in [1.29, 1.82) is 0 Å². The number of morpholine rings is 1. The molecule has 120 valence electrons. The summed E-state index contributed by atoms with van der Waals surface area (Å²) in [6.45, 7) is 4.40. The summed E-state index contributed by atoms with van der Waals surface area (Å²) >= 11 is 0. The van der Waals surface area contributed by atoms with Crippen LogP contribution < -0.4 is 10.6 Å². The largest absolute Gasteiger partial charge is 0.366 e. The SMILES string of the molecule is Cc1ccc2c(c1)c(CNC(=O)C1CNCCO1)nn2C.Cl. The van der Waals surface area contributed by atoms with Crippen LogP contribution in [0.25, 0.3) is 10.9 Å². The van der Waals surface area contributed by atoms with Gasteiger partial charge in [0.25, 0.3) is 5.91 Å². The average molecular weight is 325 g/mol. The summed E-state index contributed by atoms with van der Waals surface area (Å²) in [5.74, 6) is -0.0892. The lowest BCUT2D eigenvalue weighted by atomic mass is 10.1. The Labute approximate surface area is 135 Å². The minimum absolute atomic E-state index is 0. The van der Waals surface area contributed by atoms with Gasteiger partial charge in [-0.25, -0.2) is 0 Å². The van der Waals surface area contributed by atoms with Crippen molar-refractivity contribution in [2.24, 2.45) is 7.05 Å². The highest BCUT2D eigenvalue weighted by atomic mass is 35.5. The number of benzene rings is 1. The number of nitrogens with zero attached hydrogens (tertiary/aromatic N) is 2. The van der Waals surface area contributed by atoms with Crippen LogP contribution in [0.15, 0.2) is 18.2 Å². The monoisotopic (exact) mass is 324 g/mol. The molecule has 1 aliphatic heterocycles. The number of hydrogen-bond acceptors (Lipinski definition) is 4. The van der Waals surface area contributed by atoms with E-state index < -0.39 is 6.10 Å². The summed E-state index contributed by atoms with van der Waals surface area (Å²) < 4.78 is 7.28. The quantitative estimate of drug-likeness (QED) is 0.880. The highest BCUT2D eigenvalue weighted by Gasteiger charge is 2.21. The molecule has 1 amide bonds. The first-order chi connectivity index (χ1) is 10.1. The van der Waals surface area contributed by atoms with Gasteiger partial charge in [-0.1, -0.05) is 11.6 Å². The van der Waals surface area contributed by atoms with E-state index in [0.717, 1.165) is 23.1 Å². The summed E-state index contributed by atoms with van der Waals surface area (Å²) in [5.41, 5.74) is 3.14. The number of amides is 1. The second-order valence-corrected chi connectivity index (χ2v) is 5.37. The molecule has 2 N–H and O–H groups in total. The van der Waals surface area contributed by atoms with E-state index in [0.29, 0.717) is 19.7 Å². The van der Waals surface area contributed by atoms with Gasteiger partial charge in [0.2, 0.25) is 0 Å². The van der Waals surface area contributed by atoms with Gasteiger partial charge in [0.15, 0.2) is 0 Å². The fourth-order valence-corrected chi connectivity index (χ4v) is 2.60. The van der Waals surface area contributed by atoms with E-state index in [-0.39, 0.29) is 18.3 Å². The number of nitrogens with one attached hydrogen (secondary N) is 2. The Hall–Kier alpha value is -1.63. The van der Waals surface area contributed by atoms with Crippen molar-refractivity contribution in [2.75, 3.05) is 19.7 Å². The lowest BCUT2D eigenvalue weighted by Gasteiger charge is -2.22. The molecule has 0 aliphatic carbocycles. The van der Waals surface area contributed by atoms with Gasteiger partial charge in [-0.05, 0) is 19.1 Å². The number of rotatable bonds is 3. The number of hydrogen-bond donors (Lipinski definition) is 2.